The topological polar surface area (TPSA) is 54.0 Å². The maximum Gasteiger partial charge on any atom is 0.317 e. The van der Waals surface area contributed by atoms with Crippen LogP contribution < -0.4 is 10.1 Å². The van der Waals surface area contributed by atoms with E-state index in [4.69, 9.17) is 9.47 Å². The van der Waals surface area contributed by atoms with Crippen LogP contribution in [0.15, 0.2) is 24.3 Å². The summed E-state index contributed by atoms with van der Waals surface area (Å²) in [6.45, 7) is 3.56. The quantitative estimate of drug-likeness (QED) is 0.827. The second-order valence-corrected chi connectivity index (χ2v) is 6.35. The van der Waals surface area contributed by atoms with Crippen LogP contribution in [0.4, 0.5) is 4.79 Å². The summed E-state index contributed by atoms with van der Waals surface area (Å²) in [6, 6.07) is 8.01. The third-order valence-electron chi connectivity index (χ3n) is 4.28. The van der Waals surface area contributed by atoms with Crippen molar-refractivity contribution < 1.29 is 14.3 Å². The van der Waals surface area contributed by atoms with Gasteiger partial charge in [-0.2, -0.15) is 0 Å². The molecule has 6 nitrogen and oxygen atoms in total. The van der Waals surface area contributed by atoms with Crippen LogP contribution >= 0.6 is 0 Å². The predicted octanol–water partition coefficient (Wildman–Crippen LogP) is 1.95. The van der Waals surface area contributed by atoms with E-state index in [-0.39, 0.29) is 12.1 Å². The largest absolute Gasteiger partial charge is 0.497 e. The van der Waals surface area contributed by atoms with Gasteiger partial charge in [0.05, 0.1) is 7.11 Å². The van der Waals surface area contributed by atoms with E-state index in [9.17, 15) is 4.79 Å². The third kappa shape index (κ3) is 5.69. The van der Waals surface area contributed by atoms with E-state index in [1.165, 1.54) is 0 Å². The van der Waals surface area contributed by atoms with Gasteiger partial charge >= 0.3 is 6.03 Å². The first kappa shape index (κ1) is 18.5. The van der Waals surface area contributed by atoms with E-state index in [1.54, 1.807) is 7.11 Å². The number of carbonyl (C=O) groups is 1. The third-order valence-corrected chi connectivity index (χ3v) is 4.28. The molecular weight excluding hydrogens is 306 g/mol. The highest BCUT2D eigenvalue weighted by Gasteiger charge is 2.25. The Bertz CT molecular complexity index is 499. The van der Waals surface area contributed by atoms with E-state index in [1.807, 2.05) is 43.3 Å². The molecule has 1 aliphatic rings. The fourth-order valence-electron chi connectivity index (χ4n) is 2.78. The molecule has 1 aromatic carbocycles. The molecule has 0 bridgehead atoms. The number of hydrogen-bond acceptors (Lipinski definition) is 4. The maximum atomic E-state index is 12.7. The van der Waals surface area contributed by atoms with Crippen molar-refractivity contribution >= 4 is 6.03 Å². The van der Waals surface area contributed by atoms with Gasteiger partial charge in [0.25, 0.3) is 0 Å². The predicted molar refractivity (Wildman–Crippen MR) is 94.3 cm³/mol. The summed E-state index contributed by atoms with van der Waals surface area (Å²) < 4.78 is 10.6. The Morgan fingerprint density at radius 1 is 1.21 bits per heavy atom. The Balaban J connectivity index is 1.92. The van der Waals surface area contributed by atoms with Crippen LogP contribution in [0.3, 0.4) is 0 Å². The van der Waals surface area contributed by atoms with Crippen LogP contribution in [0.25, 0.3) is 0 Å². The van der Waals surface area contributed by atoms with Gasteiger partial charge in [-0.05, 0) is 44.6 Å². The minimum Gasteiger partial charge on any atom is -0.497 e. The Hall–Kier alpha value is -1.79. The number of likely N-dealkylation sites (N-methyl/N-ethyl adjacent to an activating group) is 1. The number of benzene rings is 1. The van der Waals surface area contributed by atoms with Crippen molar-refractivity contribution in [1.29, 1.82) is 0 Å². The molecule has 0 saturated carbocycles. The van der Waals surface area contributed by atoms with E-state index in [2.05, 4.69) is 10.2 Å². The van der Waals surface area contributed by atoms with Crippen LogP contribution in [0.1, 0.15) is 18.4 Å². The Labute approximate surface area is 144 Å². The molecule has 1 aliphatic heterocycles. The SMILES string of the molecule is COc1ccc(CNC(=O)N(CCN(C)C)C2CCOCC2)cc1. The number of methoxy groups -OCH3 is 1. The Morgan fingerprint density at radius 2 is 1.88 bits per heavy atom. The highest BCUT2D eigenvalue weighted by Crippen LogP contribution is 2.15. The summed E-state index contributed by atoms with van der Waals surface area (Å²) in [5.41, 5.74) is 1.06. The lowest BCUT2D eigenvalue weighted by molar-refractivity contribution is 0.0443. The number of nitrogens with one attached hydrogen (secondary N) is 1. The fraction of sp³-hybridized carbons (Fsp3) is 0.611. The van der Waals surface area contributed by atoms with Gasteiger partial charge in [-0.3, -0.25) is 0 Å². The number of rotatable bonds is 7. The molecule has 2 rings (SSSR count). The molecule has 1 heterocycles. The van der Waals surface area contributed by atoms with Crippen molar-refractivity contribution in [3.05, 3.63) is 29.8 Å². The Kier molecular flexibility index (Phi) is 7.34. The zero-order valence-electron chi connectivity index (χ0n) is 15.0. The summed E-state index contributed by atoms with van der Waals surface area (Å²) in [5.74, 6) is 0.819. The second-order valence-electron chi connectivity index (χ2n) is 6.35. The minimum absolute atomic E-state index is 0.000400. The number of hydrogen-bond donors (Lipinski definition) is 1. The van der Waals surface area contributed by atoms with Crippen LogP contribution in [-0.2, 0) is 11.3 Å². The zero-order valence-corrected chi connectivity index (χ0v) is 15.0. The zero-order chi connectivity index (χ0) is 17.4. The van der Waals surface area contributed by atoms with E-state index in [0.717, 1.165) is 50.5 Å². The lowest BCUT2D eigenvalue weighted by Crippen LogP contribution is -2.50. The van der Waals surface area contributed by atoms with Crippen molar-refractivity contribution in [2.24, 2.45) is 0 Å². The average molecular weight is 335 g/mol. The lowest BCUT2D eigenvalue weighted by Gasteiger charge is -2.35. The fourth-order valence-corrected chi connectivity index (χ4v) is 2.78. The highest BCUT2D eigenvalue weighted by molar-refractivity contribution is 5.74. The van der Waals surface area contributed by atoms with Crippen molar-refractivity contribution in [3.8, 4) is 5.75 Å². The molecule has 1 aromatic rings. The molecule has 24 heavy (non-hydrogen) atoms. The normalized spacial score (nSPS) is 15.3. The lowest BCUT2D eigenvalue weighted by atomic mass is 10.1. The van der Waals surface area contributed by atoms with Gasteiger partial charge in [0, 0.05) is 38.9 Å². The first-order valence-corrected chi connectivity index (χ1v) is 8.50. The number of amides is 2. The summed E-state index contributed by atoms with van der Waals surface area (Å²) in [6.07, 6.45) is 1.81. The van der Waals surface area contributed by atoms with Crippen molar-refractivity contribution in [1.82, 2.24) is 15.1 Å². The molecule has 0 unspecified atom stereocenters. The molecule has 0 aromatic heterocycles. The number of urea groups is 1. The van der Waals surface area contributed by atoms with E-state index < -0.39 is 0 Å². The van der Waals surface area contributed by atoms with Gasteiger partial charge in [-0.1, -0.05) is 12.1 Å². The molecule has 134 valence electrons. The Morgan fingerprint density at radius 3 is 2.46 bits per heavy atom. The highest BCUT2D eigenvalue weighted by atomic mass is 16.5. The second kappa shape index (κ2) is 9.49. The molecule has 0 radical (unpaired) electrons. The molecular formula is C18H29N3O3. The smallest absolute Gasteiger partial charge is 0.317 e. The van der Waals surface area contributed by atoms with Crippen LogP contribution in [-0.4, -0.2) is 69.4 Å². The number of carbonyl (C=O) groups excluding carboxylic acids is 1. The van der Waals surface area contributed by atoms with Crippen molar-refractivity contribution in [2.45, 2.75) is 25.4 Å². The molecule has 0 atom stereocenters. The van der Waals surface area contributed by atoms with Gasteiger partial charge in [-0.15, -0.1) is 0 Å². The number of ether oxygens (including phenoxy) is 2. The molecule has 0 spiro atoms. The van der Waals surface area contributed by atoms with Gasteiger partial charge in [0.2, 0.25) is 0 Å². The first-order valence-electron chi connectivity index (χ1n) is 8.50. The molecule has 1 fully saturated rings. The van der Waals surface area contributed by atoms with Crippen LogP contribution in [0, 0.1) is 0 Å². The molecule has 6 heteroatoms. The molecule has 1 saturated heterocycles. The molecule has 2 amide bonds. The summed E-state index contributed by atoms with van der Waals surface area (Å²) in [4.78, 5) is 16.7. The summed E-state index contributed by atoms with van der Waals surface area (Å²) in [5, 5.41) is 3.04. The van der Waals surface area contributed by atoms with Gasteiger partial charge < -0.3 is 24.6 Å². The van der Waals surface area contributed by atoms with E-state index >= 15 is 0 Å². The summed E-state index contributed by atoms with van der Waals surface area (Å²) >= 11 is 0. The van der Waals surface area contributed by atoms with E-state index in [0.29, 0.717) is 6.54 Å². The van der Waals surface area contributed by atoms with Crippen molar-refractivity contribution in [3.63, 3.8) is 0 Å². The number of nitrogens with zero attached hydrogens (tertiary/aromatic N) is 2. The molecule has 0 aliphatic carbocycles. The van der Waals surface area contributed by atoms with Crippen molar-refractivity contribution in [2.75, 3.05) is 47.5 Å². The minimum atomic E-state index is -0.000400. The van der Waals surface area contributed by atoms with Gasteiger partial charge in [-0.25, -0.2) is 4.79 Å². The van der Waals surface area contributed by atoms with Gasteiger partial charge in [0.1, 0.15) is 5.75 Å². The van der Waals surface area contributed by atoms with Gasteiger partial charge in [0.15, 0.2) is 0 Å². The average Bonchev–Trinajstić information content (AvgIpc) is 2.61. The summed E-state index contributed by atoms with van der Waals surface area (Å²) in [7, 11) is 5.70. The monoisotopic (exact) mass is 335 g/mol. The standard InChI is InChI=1S/C18H29N3O3/c1-20(2)10-11-21(16-8-12-24-13-9-16)18(22)19-14-15-4-6-17(23-3)7-5-15/h4-7,16H,8-14H2,1-3H3,(H,19,22). The first-order chi connectivity index (χ1) is 11.6. The maximum absolute atomic E-state index is 12.7. The van der Waals surface area contributed by atoms with Crippen LogP contribution in [0.2, 0.25) is 0 Å². The van der Waals surface area contributed by atoms with Crippen LogP contribution in [0.5, 0.6) is 5.75 Å². The molecule has 1 N–H and O–H groups in total.